The molecule has 5 rings (SSSR count). The molecule has 1 aromatic carbocycles. The minimum absolute atomic E-state index is 0. The summed E-state index contributed by atoms with van der Waals surface area (Å²) in [6.07, 6.45) is 8.76. The first-order valence-corrected chi connectivity index (χ1v) is 15.1. The zero-order valence-electron chi connectivity index (χ0n) is 24.9. The molecule has 0 bridgehead atoms. The number of nitrogens with two attached hydrogens (primary N) is 2. The topological polar surface area (TPSA) is 163 Å². The Labute approximate surface area is 258 Å². The van der Waals surface area contributed by atoms with Crippen molar-refractivity contribution in [2.75, 3.05) is 44.6 Å². The lowest BCUT2D eigenvalue weighted by Gasteiger charge is -2.37. The second kappa shape index (κ2) is 14.2. The number of nitrogens with zero attached hydrogens (tertiary/aromatic N) is 5. The van der Waals surface area contributed by atoms with E-state index in [2.05, 4.69) is 27.3 Å². The number of aliphatic hydroxyl groups is 1. The van der Waals surface area contributed by atoms with Crippen molar-refractivity contribution in [3.63, 3.8) is 0 Å². The van der Waals surface area contributed by atoms with E-state index in [1.807, 2.05) is 12.1 Å². The van der Waals surface area contributed by atoms with Gasteiger partial charge < -0.3 is 26.4 Å². The number of urea groups is 1. The average molecular weight is 617 g/mol. The zero-order chi connectivity index (χ0) is 29.9. The van der Waals surface area contributed by atoms with Gasteiger partial charge in [-0.3, -0.25) is 19.6 Å². The standard InChI is InChI=1S/C30H44N8O4.ClH/c1-30(32,20-39)27(40)35-14-16-36(17-15-35)28(41)33-26-12-13-38(29(42)34-26)25-8-4-22(5-9-25)19-37(18-21-2-3-21)24-10-6-23(31)7-11-24;/h4-5,8-9,12-13,21,23-24,39H,2-3,6-7,10-11,14-20,31-32H2,1H3,(H,33,34,41,42);1H/t23?,24?,30-;/m0./s1. The maximum absolute atomic E-state index is 12.9. The quantitative estimate of drug-likeness (QED) is 0.329. The Kier molecular flexibility index (Phi) is 10.8. The van der Waals surface area contributed by atoms with E-state index in [1.54, 1.807) is 22.1 Å². The second-order valence-corrected chi connectivity index (χ2v) is 12.4. The summed E-state index contributed by atoms with van der Waals surface area (Å²) in [6, 6.07) is 10.1. The van der Waals surface area contributed by atoms with E-state index >= 15 is 0 Å². The van der Waals surface area contributed by atoms with Gasteiger partial charge in [0.1, 0.15) is 11.4 Å². The lowest BCUT2D eigenvalue weighted by atomic mass is 9.90. The van der Waals surface area contributed by atoms with Crippen LogP contribution in [-0.4, -0.2) is 98.2 Å². The van der Waals surface area contributed by atoms with Crippen LogP contribution < -0.4 is 22.5 Å². The van der Waals surface area contributed by atoms with Gasteiger partial charge in [-0.1, -0.05) is 12.1 Å². The Bertz CT molecular complexity index is 1300. The molecule has 13 heteroatoms. The third-order valence-electron chi connectivity index (χ3n) is 8.76. The number of hydrogen-bond donors (Lipinski definition) is 4. The van der Waals surface area contributed by atoms with E-state index in [9.17, 15) is 19.5 Å². The Morgan fingerprint density at radius 1 is 1.02 bits per heavy atom. The molecular formula is C30H45ClN8O4. The molecule has 1 aliphatic heterocycles. The minimum Gasteiger partial charge on any atom is -0.394 e. The predicted octanol–water partition coefficient (Wildman–Crippen LogP) is 1.52. The van der Waals surface area contributed by atoms with Gasteiger partial charge in [0, 0.05) is 57.5 Å². The van der Waals surface area contributed by atoms with E-state index in [-0.39, 0.29) is 24.1 Å². The van der Waals surface area contributed by atoms with Crippen molar-refractivity contribution < 1.29 is 14.7 Å². The number of carbonyl (C=O) groups is 2. The Hall–Kier alpha value is -3.03. The van der Waals surface area contributed by atoms with Crippen LogP contribution in [0, 0.1) is 5.92 Å². The molecule has 6 N–H and O–H groups in total. The van der Waals surface area contributed by atoms with Crippen LogP contribution in [0.2, 0.25) is 0 Å². The summed E-state index contributed by atoms with van der Waals surface area (Å²) in [5, 5.41) is 12.0. The molecule has 1 saturated heterocycles. The molecule has 0 spiro atoms. The number of carbonyl (C=O) groups excluding carboxylic acids is 2. The lowest BCUT2D eigenvalue weighted by molar-refractivity contribution is -0.139. The molecular weight excluding hydrogens is 572 g/mol. The third-order valence-corrected chi connectivity index (χ3v) is 8.76. The molecule has 2 saturated carbocycles. The largest absolute Gasteiger partial charge is 0.394 e. The van der Waals surface area contributed by atoms with Crippen LogP contribution in [0.4, 0.5) is 10.6 Å². The van der Waals surface area contributed by atoms with Gasteiger partial charge in [0.05, 0.1) is 12.3 Å². The molecule has 2 aromatic rings. The molecule has 1 atom stereocenters. The summed E-state index contributed by atoms with van der Waals surface area (Å²) in [7, 11) is 0. The number of aliphatic hydroxyl groups excluding tert-OH is 1. The third kappa shape index (κ3) is 8.33. The first-order valence-electron chi connectivity index (χ1n) is 15.1. The molecule has 236 valence electrons. The van der Waals surface area contributed by atoms with Crippen LogP contribution in [0.1, 0.15) is 51.0 Å². The fraction of sp³-hybridized carbons (Fsp3) is 0.600. The Morgan fingerprint density at radius 2 is 1.65 bits per heavy atom. The Balaban J connectivity index is 0.00000423. The number of hydrogen-bond acceptors (Lipinski definition) is 8. The summed E-state index contributed by atoms with van der Waals surface area (Å²) < 4.78 is 1.46. The maximum Gasteiger partial charge on any atom is 0.354 e. The zero-order valence-corrected chi connectivity index (χ0v) is 25.7. The summed E-state index contributed by atoms with van der Waals surface area (Å²) >= 11 is 0. The molecule has 2 heterocycles. The summed E-state index contributed by atoms with van der Waals surface area (Å²) in [4.78, 5) is 47.9. The van der Waals surface area contributed by atoms with Crippen molar-refractivity contribution in [1.29, 1.82) is 0 Å². The van der Waals surface area contributed by atoms with Gasteiger partial charge in [-0.15, -0.1) is 12.4 Å². The monoisotopic (exact) mass is 616 g/mol. The van der Waals surface area contributed by atoms with Crippen LogP contribution in [0.3, 0.4) is 0 Å². The van der Waals surface area contributed by atoms with Gasteiger partial charge in [0.2, 0.25) is 5.91 Å². The molecule has 1 aromatic heterocycles. The number of halogens is 1. The van der Waals surface area contributed by atoms with Crippen molar-refractivity contribution in [3.8, 4) is 5.69 Å². The number of nitrogens with one attached hydrogen (secondary N) is 1. The highest BCUT2D eigenvalue weighted by molar-refractivity contribution is 5.89. The van der Waals surface area contributed by atoms with E-state index in [0.29, 0.717) is 44.0 Å². The van der Waals surface area contributed by atoms with Crippen molar-refractivity contribution in [2.24, 2.45) is 17.4 Å². The smallest absolute Gasteiger partial charge is 0.354 e. The number of rotatable bonds is 9. The molecule has 3 aliphatic rings. The summed E-state index contributed by atoms with van der Waals surface area (Å²) in [6.45, 7) is 4.27. The van der Waals surface area contributed by atoms with Gasteiger partial charge in [-0.05, 0) is 75.1 Å². The van der Waals surface area contributed by atoms with Crippen LogP contribution in [-0.2, 0) is 11.3 Å². The molecule has 43 heavy (non-hydrogen) atoms. The van der Waals surface area contributed by atoms with Crippen molar-refractivity contribution in [1.82, 2.24) is 24.3 Å². The van der Waals surface area contributed by atoms with Gasteiger partial charge in [-0.2, -0.15) is 4.98 Å². The average Bonchev–Trinajstić information content (AvgIpc) is 3.82. The van der Waals surface area contributed by atoms with E-state index < -0.39 is 23.9 Å². The number of benzene rings is 1. The van der Waals surface area contributed by atoms with E-state index in [1.165, 1.54) is 29.9 Å². The minimum atomic E-state index is -1.35. The predicted molar refractivity (Wildman–Crippen MR) is 167 cm³/mol. The highest BCUT2D eigenvalue weighted by Crippen LogP contribution is 2.33. The first-order chi connectivity index (χ1) is 20.1. The van der Waals surface area contributed by atoms with Gasteiger partial charge >= 0.3 is 11.7 Å². The van der Waals surface area contributed by atoms with Gasteiger partial charge in [0.25, 0.3) is 0 Å². The first kappa shape index (κ1) is 32.9. The van der Waals surface area contributed by atoms with Crippen LogP contribution in [0.15, 0.2) is 41.3 Å². The van der Waals surface area contributed by atoms with Gasteiger partial charge in [0.15, 0.2) is 0 Å². The Morgan fingerprint density at radius 3 is 2.23 bits per heavy atom. The lowest BCUT2D eigenvalue weighted by Crippen LogP contribution is -2.60. The van der Waals surface area contributed by atoms with Gasteiger partial charge in [-0.25, -0.2) is 9.59 Å². The van der Waals surface area contributed by atoms with Crippen molar-refractivity contribution >= 4 is 30.2 Å². The molecule has 3 amide bonds. The molecule has 0 unspecified atom stereocenters. The molecule has 0 radical (unpaired) electrons. The van der Waals surface area contributed by atoms with Crippen molar-refractivity contribution in [3.05, 3.63) is 52.6 Å². The molecule has 3 fully saturated rings. The van der Waals surface area contributed by atoms with Crippen LogP contribution >= 0.6 is 12.4 Å². The normalized spacial score (nSPS) is 22.1. The fourth-order valence-corrected chi connectivity index (χ4v) is 5.84. The maximum atomic E-state index is 12.9. The highest BCUT2D eigenvalue weighted by Gasteiger charge is 2.34. The SMILES string of the molecule is C[C@](N)(CO)C(=O)N1CCN(C(=O)Nc2ccn(-c3ccc(CN(CC4CC4)C4CCC(N)CC4)cc3)c(=O)n2)CC1.Cl. The summed E-state index contributed by atoms with van der Waals surface area (Å²) in [5.74, 6) is 0.624. The van der Waals surface area contributed by atoms with Crippen LogP contribution in [0.25, 0.3) is 5.69 Å². The number of anilines is 1. The highest BCUT2D eigenvalue weighted by atomic mass is 35.5. The molecule has 12 nitrogen and oxygen atoms in total. The fourth-order valence-electron chi connectivity index (χ4n) is 5.84. The number of piperazine rings is 1. The van der Waals surface area contributed by atoms with Crippen molar-refractivity contribution in [2.45, 2.75) is 69.6 Å². The second-order valence-electron chi connectivity index (χ2n) is 12.4. The van der Waals surface area contributed by atoms with E-state index in [4.69, 9.17) is 11.5 Å². The van der Waals surface area contributed by atoms with Crippen LogP contribution in [0.5, 0.6) is 0 Å². The number of aromatic nitrogens is 2. The number of amides is 3. The molecule has 2 aliphatic carbocycles. The van der Waals surface area contributed by atoms with E-state index in [0.717, 1.165) is 44.7 Å². The summed E-state index contributed by atoms with van der Waals surface area (Å²) in [5.41, 5.74) is 12.1.